The van der Waals surface area contributed by atoms with Crippen LogP contribution in [0.25, 0.3) is 0 Å². The number of aromatic amines is 1. The fourth-order valence-corrected chi connectivity index (χ4v) is 4.78. The fourth-order valence-electron chi connectivity index (χ4n) is 2.74. The zero-order chi connectivity index (χ0) is 14.0. The number of nitrogens with one attached hydrogen (secondary N) is 1. The number of nitrogens with two attached hydrogens (primary N) is 1. The summed E-state index contributed by atoms with van der Waals surface area (Å²) in [5.41, 5.74) is 6.88. The Labute approximate surface area is 114 Å². The summed E-state index contributed by atoms with van der Waals surface area (Å²) in [5, 5.41) is 6.73. The molecule has 0 aliphatic carbocycles. The second-order valence-corrected chi connectivity index (χ2v) is 6.95. The minimum absolute atomic E-state index is 0.0961. The molecular weight excluding hydrogens is 264 g/mol. The van der Waals surface area contributed by atoms with Crippen LogP contribution in [0.4, 0.5) is 0 Å². The van der Waals surface area contributed by atoms with E-state index in [1.54, 1.807) is 18.2 Å². The van der Waals surface area contributed by atoms with E-state index in [1.165, 1.54) is 0 Å². The molecule has 1 aromatic rings. The molecule has 0 amide bonds. The Balaban J connectivity index is 2.42. The first-order chi connectivity index (χ1) is 8.98. The molecule has 2 heterocycles. The normalized spacial score (nSPS) is 22.4. The fraction of sp³-hybridized carbons (Fsp3) is 0.750. The second-order valence-electron chi connectivity index (χ2n) is 5.12. The van der Waals surface area contributed by atoms with Crippen molar-refractivity contribution in [2.24, 2.45) is 5.73 Å². The number of hydrogen-bond donors (Lipinski definition) is 2. The van der Waals surface area contributed by atoms with Gasteiger partial charge in [-0.3, -0.25) is 5.10 Å². The summed E-state index contributed by atoms with van der Waals surface area (Å²) in [6.45, 7) is 4.37. The van der Waals surface area contributed by atoms with Gasteiger partial charge in [-0.2, -0.15) is 9.40 Å². The van der Waals surface area contributed by atoms with Crippen molar-refractivity contribution in [2.75, 3.05) is 13.1 Å². The molecule has 0 spiro atoms. The van der Waals surface area contributed by atoms with Crippen LogP contribution < -0.4 is 5.73 Å². The smallest absolute Gasteiger partial charge is 0.247 e. The van der Waals surface area contributed by atoms with Crippen LogP contribution in [0.1, 0.15) is 37.1 Å². The minimum atomic E-state index is -3.51. The Kier molecular flexibility index (Phi) is 4.27. The molecule has 1 unspecified atom stereocenters. The van der Waals surface area contributed by atoms with Gasteiger partial charge < -0.3 is 5.73 Å². The van der Waals surface area contributed by atoms with Gasteiger partial charge in [0.1, 0.15) is 4.90 Å². The molecule has 2 rings (SSSR count). The zero-order valence-corrected chi connectivity index (χ0v) is 12.3. The molecule has 0 saturated carbocycles. The number of sulfonamides is 1. The van der Waals surface area contributed by atoms with Crippen molar-refractivity contribution in [2.45, 2.75) is 50.5 Å². The van der Waals surface area contributed by atoms with Gasteiger partial charge in [0.2, 0.25) is 10.0 Å². The Morgan fingerprint density at radius 1 is 1.37 bits per heavy atom. The molecule has 3 N–H and O–H groups in total. The third-order valence-corrected chi connectivity index (χ3v) is 5.94. The Bertz CT molecular complexity index is 518. The summed E-state index contributed by atoms with van der Waals surface area (Å²) in [6.07, 6.45) is 3.83. The maximum Gasteiger partial charge on any atom is 0.247 e. The van der Waals surface area contributed by atoms with Crippen LogP contribution in [0.5, 0.6) is 0 Å². The van der Waals surface area contributed by atoms with Gasteiger partial charge in [0.15, 0.2) is 0 Å². The lowest BCUT2D eigenvalue weighted by molar-refractivity contribution is 0.327. The highest BCUT2D eigenvalue weighted by Crippen LogP contribution is 2.27. The van der Waals surface area contributed by atoms with Crippen LogP contribution in [0, 0.1) is 13.8 Å². The SMILES string of the molecule is Cc1n[nH]c(C)c1S(=O)(=O)N1CCCCCC1CN. The predicted molar refractivity (Wildman–Crippen MR) is 73.3 cm³/mol. The van der Waals surface area contributed by atoms with E-state index in [0.29, 0.717) is 29.4 Å². The van der Waals surface area contributed by atoms with Crippen LogP contribution in [0.3, 0.4) is 0 Å². The van der Waals surface area contributed by atoms with E-state index in [9.17, 15) is 8.42 Å². The van der Waals surface area contributed by atoms with E-state index in [-0.39, 0.29) is 6.04 Å². The predicted octanol–water partition coefficient (Wildman–Crippen LogP) is 0.919. The molecule has 108 valence electrons. The highest BCUT2D eigenvalue weighted by atomic mass is 32.2. The van der Waals surface area contributed by atoms with E-state index >= 15 is 0 Å². The molecule has 1 atom stereocenters. The highest BCUT2D eigenvalue weighted by molar-refractivity contribution is 7.89. The monoisotopic (exact) mass is 286 g/mol. The summed E-state index contributed by atoms with van der Waals surface area (Å²) in [6, 6.07) is -0.0961. The summed E-state index contributed by atoms with van der Waals surface area (Å²) < 4.78 is 27.2. The maximum absolute atomic E-state index is 12.8. The topological polar surface area (TPSA) is 92.1 Å². The van der Waals surface area contributed by atoms with Crippen LogP contribution in [0.2, 0.25) is 0 Å². The summed E-state index contributed by atoms with van der Waals surface area (Å²) >= 11 is 0. The summed E-state index contributed by atoms with van der Waals surface area (Å²) in [4.78, 5) is 0.313. The van der Waals surface area contributed by atoms with Crippen molar-refractivity contribution in [3.63, 3.8) is 0 Å². The first-order valence-electron chi connectivity index (χ1n) is 6.72. The lowest BCUT2D eigenvalue weighted by Crippen LogP contribution is -2.44. The van der Waals surface area contributed by atoms with Gasteiger partial charge in [-0.15, -0.1) is 0 Å². The largest absolute Gasteiger partial charge is 0.329 e. The number of H-pyrrole nitrogens is 1. The van der Waals surface area contributed by atoms with Crippen molar-refractivity contribution in [3.05, 3.63) is 11.4 Å². The molecule has 0 bridgehead atoms. The van der Waals surface area contributed by atoms with Crippen LogP contribution in [-0.4, -0.2) is 42.1 Å². The second kappa shape index (κ2) is 5.60. The standard InChI is InChI=1S/C12H22N4O2S/c1-9-12(10(2)15-14-9)19(17,18)16-7-5-3-4-6-11(16)8-13/h11H,3-8,13H2,1-2H3,(H,14,15). The number of nitrogens with zero attached hydrogens (tertiary/aromatic N) is 2. The average Bonchev–Trinajstić information content (AvgIpc) is 2.59. The van der Waals surface area contributed by atoms with Gasteiger partial charge in [-0.25, -0.2) is 8.42 Å². The molecule has 1 aliphatic heterocycles. The van der Waals surface area contributed by atoms with Crippen molar-refractivity contribution in [3.8, 4) is 0 Å². The molecule has 6 nitrogen and oxygen atoms in total. The quantitative estimate of drug-likeness (QED) is 0.864. The van der Waals surface area contributed by atoms with Gasteiger partial charge in [-0.1, -0.05) is 12.8 Å². The first-order valence-corrected chi connectivity index (χ1v) is 8.16. The molecule has 19 heavy (non-hydrogen) atoms. The Morgan fingerprint density at radius 3 is 2.68 bits per heavy atom. The molecule has 1 aromatic heterocycles. The zero-order valence-electron chi connectivity index (χ0n) is 11.5. The first kappa shape index (κ1) is 14.5. The average molecular weight is 286 g/mol. The third kappa shape index (κ3) is 2.68. The lowest BCUT2D eigenvalue weighted by Gasteiger charge is -2.28. The summed E-state index contributed by atoms with van der Waals surface area (Å²) in [7, 11) is -3.51. The number of aryl methyl sites for hydroxylation is 2. The molecule has 0 aromatic carbocycles. The van der Waals surface area contributed by atoms with Gasteiger partial charge in [0.25, 0.3) is 0 Å². The summed E-state index contributed by atoms with van der Waals surface area (Å²) in [5.74, 6) is 0. The highest BCUT2D eigenvalue weighted by Gasteiger charge is 2.34. The minimum Gasteiger partial charge on any atom is -0.329 e. The van der Waals surface area contributed by atoms with E-state index in [2.05, 4.69) is 10.2 Å². The molecule has 1 saturated heterocycles. The molecule has 1 fully saturated rings. The van der Waals surface area contributed by atoms with Crippen LogP contribution in [0.15, 0.2) is 4.90 Å². The number of aromatic nitrogens is 2. The van der Waals surface area contributed by atoms with Gasteiger partial charge in [0.05, 0.1) is 11.4 Å². The molecular formula is C12H22N4O2S. The molecule has 7 heteroatoms. The van der Waals surface area contributed by atoms with Crippen molar-refractivity contribution < 1.29 is 8.42 Å². The van der Waals surface area contributed by atoms with Crippen molar-refractivity contribution in [1.82, 2.24) is 14.5 Å². The van der Waals surface area contributed by atoms with Gasteiger partial charge in [-0.05, 0) is 26.7 Å². The van der Waals surface area contributed by atoms with E-state index in [0.717, 1.165) is 25.7 Å². The van der Waals surface area contributed by atoms with Crippen LogP contribution in [-0.2, 0) is 10.0 Å². The molecule has 0 radical (unpaired) electrons. The van der Waals surface area contributed by atoms with E-state index < -0.39 is 10.0 Å². The molecule has 1 aliphatic rings. The maximum atomic E-state index is 12.8. The lowest BCUT2D eigenvalue weighted by atomic mass is 10.1. The van der Waals surface area contributed by atoms with Crippen molar-refractivity contribution in [1.29, 1.82) is 0 Å². The number of hydrogen-bond acceptors (Lipinski definition) is 4. The van der Waals surface area contributed by atoms with E-state index in [4.69, 9.17) is 5.73 Å². The number of rotatable bonds is 3. The Morgan fingerprint density at radius 2 is 2.11 bits per heavy atom. The third-order valence-electron chi connectivity index (χ3n) is 3.72. The van der Waals surface area contributed by atoms with Gasteiger partial charge in [0, 0.05) is 19.1 Å². The van der Waals surface area contributed by atoms with E-state index in [1.807, 2.05) is 0 Å². The Hall–Kier alpha value is -0.920. The van der Waals surface area contributed by atoms with Gasteiger partial charge >= 0.3 is 0 Å². The van der Waals surface area contributed by atoms with Crippen LogP contribution >= 0.6 is 0 Å². The van der Waals surface area contributed by atoms with Crippen molar-refractivity contribution >= 4 is 10.0 Å².